The fraction of sp³-hybridized carbons (Fsp3) is 0.217. The lowest BCUT2D eigenvalue weighted by Crippen LogP contribution is -2.11. The Balaban J connectivity index is 1.75. The van der Waals surface area contributed by atoms with E-state index in [0.717, 1.165) is 37.3 Å². The average Bonchev–Trinajstić information content (AvgIpc) is 2.74. The number of nitriles is 1. The Labute approximate surface area is 177 Å². The molecule has 0 aliphatic rings. The second-order valence-electron chi connectivity index (χ2n) is 6.83. The largest absolute Gasteiger partial charge is 0.423 e. The number of carbonyl (C=O) groups excluding carboxylic acids is 1. The van der Waals surface area contributed by atoms with Gasteiger partial charge >= 0.3 is 5.97 Å². The summed E-state index contributed by atoms with van der Waals surface area (Å²) in [6.45, 7) is 2.12. The van der Waals surface area contributed by atoms with Crippen LogP contribution in [0.15, 0.2) is 42.7 Å². The first kappa shape index (κ1) is 22.0. The van der Waals surface area contributed by atoms with E-state index < -0.39 is 40.3 Å². The molecule has 0 N–H and O–H groups in total. The minimum Gasteiger partial charge on any atom is -0.423 e. The third kappa shape index (κ3) is 5.25. The lowest BCUT2D eigenvalue weighted by Gasteiger charge is -2.08. The zero-order valence-electron chi connectivity index (χ0n) is 16.7. The molecule has 158 valence electrons. The molecule has 31 heavy (non-hydrogen) atoms. The van der Waals surface area contributed by atoms with E-state index in [1.165, 1.54) is 18.2 Å². The van der Waals surface area contributed by atoms with Gasteiger partial charge in [-0.05, 0) is 30.5 Å². The summed E-state index contributed by atoms with van der Waals surface area (Å²) in [5.41, 5.74) is 0.126. The topological polar surface area (TPSA) is 75.9 Å². The predicted molar refractivity (Wildman–Crippen MR) is 107 cm³/mol. The number of ether oxygens (including phenoxy) is 1. The average molecular weight is 425 g/mol. The van der Waals surface area contributed by atoms with Crippen LogP contribution < -0.4 is 4.74 Å². The van der Waals surface area contributed by atoms with Gasteiger partial charge in [0.1, 0.15) is 34.8 Å². The molecule has 0 radical (unpaired) electrons. The van der Waals surface area contributed by atoms with E-state index in [0.29, 0.717) is 23.5 Å². The van der Waals surface area contributed by atoms with Crippen molar-refractivity contribution in [3.8, 4) is 23.2 Å². The van der Waals surface area contributed by atoms with Crippen molar-refractivity contribution in [3.63, 3.8) is 0 Å². The summed E-state index contributed by atoms with van der Waals surface area (Å²) in [6.07, 6.45) is 7.51. The minimum atomic E-state index is -1.18. The van der Waals surface area contributed by atoms with Gasteiger partial charge in [-0.1, -0.05) is 25.8 Å². The summed E-state index contributed by atoms with van der Waals surface area (Å²) in [5, 5.41) is 8.67. The number of nitrogens with zero attached hydrogens (tertiary/aromatic N) is 3. The third-order valence-corrected chi connectivity index (χ3v) is 4.56. The number of hydrogen-bond acceptors (Lipinski definition) is 5. The van der Waals surface area contributed by atoms with Gasteiger partial charge in [0.2, 0.25) is 0 Å². The summed E-state index contributed by atoms with van der Waals surface area (Å²) < 4.78 is 46.7. The lowest BCUT2D eigenvalue weighted by molar-refractivity contribution is 0.0729. The van der Waals surface area contributed by atoms with E-state index in [1.807, 2.05) is 0 Å². The molecule has 0 aliphatic carbocycles. The van der Waals surface area contributed by atoms with Crippen molar-refractivity contribution in [3.05, 3.63) is 76.9 Å². The highest BCUT2D eigenvalue weighted by molar-refractivity contribution is 5.91. The van der Waals surface area contributed by atoms with Crippen LogP contribution in [0.1, 0.15) is 47.7 Å². The van der Waals surface area contributed by atoms with Gasteiger partial charge in [-0.2, -0.15) is 5.26 Å². The van der Waals surface area contributed by atoms with Crippen molar-refractivity contribution in [2.45, 2.75) is 32.6 Å². The fourth-order valence-electron chi connectivity index (χ4n) is 2.91. The van der Waals surface area contributed by atoms with E-state index >= 15 is 0 Å². The molecule has 2 aromatic carbocycles. The number of aryl methyl sites for hydroxylation is 1. The maximum absolute atomic E-state index is 14.5. The second kappa shape index (κ2) is 9.85. The van der Waals surface area contributed by atoms with Gasteiger partial charge in [0.05, 0.1) is 5.56 Å². The predicted octanol–water partition coefficient (Wildman–Crippen LogP) is 5.38. The molecule has 0 spiro atoms. The maximum Gasteiger partial charge on any atom is 0.346 e. The first-order valence-electron chi connectivity index (χ1n) is 9.65. The van der Waals surface area contributed by atoms with E-state index in [4.69, 9.17) is 10.00 Å². The number of halogens is 3. The number of benzene rings is 2. The van der Waals surface area contributed by atoms with Crippen LogP contribution >= 0.6 is 0 Å². The van der Waals surface area contributed by atoms with Crippen LogP contribution in [0.3, 0.4) is 0 Å². The molecule has 0 atom stereocenters. The molecule has 0 amide bonds. The van der Waals surface area contributed by atoms with Gasteiger partial charge in [0, 0.05) is 30.1 Å². The number of rotatable bonds is 7. The van der Waals surface area contributed by atoms with Crippen molar-refractivity contribution in [1.82, 2.24) is 9.97 Å². The molecule has 0 saturated heterocycles. The normalized spacial score (nSPS) is 10.5. The summed E-state index contributed by atoms with van der Waals surface area (Å²) >= 11 is 0. The molecular formula is C23H18F3N3O2. The number of aromatic nitrogens is 2. The molecule has 1 heterocycles. The molecule has 3 rings (SSSR count). The van der Waals surface area contributed by atoms with E-state index in [1.54, 1.807) is 12.4 Å². The fourth-order valence-corrected chi connectivity index (χ4v) is 2.91. The smallest absolute Gasteiger partial charge is 0.346 e. The molecule has 0 fully saturated rings. The van der Waals surface area contributed by atoms with Crippen molar-refractivity contribution in [2.75, 3.05) is 0 Å². The van der Waals surface area contributed by atoms with Crippen LogP contribution in [0.5, 0.6) is 5.75 Å². The number of carbonyl (C=O) groups is 1. The monoisotopic (exact) mass is 425 g/mol. The Morgan fingerprint density at radius 1 is 1.03 bits per heavy atom. The Morgan fingerprint density at radius 3 is 2.29 bits per heavy atom. The number of unbranched alkanes of at least 4 members (excludes halogenated alkanes) is 2. The summed E-state index contributed by atoms with van der Waals surface area (Å²) in [6, 6.07) is 6.44. The van der Waals surface area contributed by atoms with Crippen LogP contribution in [0.2, 0.25) is 0 Å². The molecule has 8 heteroatoms. The van der Waals surface area contributed by atoms with Gasteiger partial charge in [0.25, 0.3) is 0 Å². The van der Waals surface area contributed by atoms with Crippen LogP contribution in [-0.4, -0.2) is 15.9 Å². The first-order chi connectivity index (χ1) is 14.9. The first-order valence-corrected chi connectivity index (χ1v) is 9.65. The summed E-state index contributed by atoms with van der Waals surface area (Å²) in [7, 11) is 0. The minimum absolute atomic E-state index is 0.300. The highest BCUT2D eigenvalue weighted by Gasteiger charge is 2.18. The summed E-state index contributed by atoms with van der Waals surface area (Å²) in [5.74, 6) is -4.58. The zero-order chi connectivity index (χ0) is 22.4. The van der Waals surface area contributed by atoms with Crippen molar-refractivity contribution in [1.29, 1.82) is 5.26 Å². The molecule has 0 unspecified atom stereocenters. The third-order valence-electron chi connectivity index (χ3n) is 4.56. The molecule has 3 aromatic rings. The van der Waals surface area contributed by atoms with Gasteiger partial charge in [-0.3, -0.25) is 0 Å². The molecule has 5 nitrogen and oxygen atoms in total. The van der Waals surface area contributed by atoms with Crippen LogP contribution in [0.25, 0.3) is 11.4 Å². The van der Waals surface area contributed by atoms with Crippen LogP contribution in [0.4, 0.5) is 13.2 Å². The maximum atomic E-state index is 14.5. The van der Waals surface area contributed by atoms with Gasteiger partial charge in [-0.25, -0.2) is 27.9 Å². The van der Waals surface area contributed by atoms with Crippen LogP contribution in [0, 0.1) is 28.8 Å². The number of esters is 1. The van der Waals surface area contributed by atoms with Gasteiger partial charge in [0.15, 0.2) is 5.82 Å². The van der Waals surface area contributed by atoms with E-state index in [2.05, 4.69) is 16.9 Å². The van der Waals surface area contributed by atoms with Crippen molar-refractivity contribution in [2.24, 2.45) is 0 Å². The number of hydrogen-bond donors (Lipinski definition) is 0. The zero-order valence-corrected chi connectivity index (χ0v) is 16.7. The quantitative estimate of drug-likeness (QED) is 0.288. The van der Waals surface area contributed by atoms with E-state index in [-0.39, 0.29) is 0 Å². The van der Waals surface area contributed by atoms with E-state index in [9.17, 15) is 18.0 Å². The van der Waals surface area contributed by atoms with Gasteiger partial charge < -0.3 is 4.74 Å². The second-order valence-corrected chi connectivity index (χ2v) is 6.83. The van der Waals surface area contributed by atoms with Crippen molar-refractivity contribution >= 4 is 5.97 Å². The standard InChI is InChI=1S/C23H18F3N3O2/c1-2-3-4-5-14-12-28-22(29-13-14)15-6-7-17(19(24)8-15)23(30)31-16-9-20(25)18(11-27)21(26)10-16/h6-10,12-13H,2-5H2,1H3. The highest BCUT2D eigenvalue weighted by Crippen LogP contribution is 2.23. The van der Waals surface area contributed by atoms with Crippen LogP contribution in [-0.2, 0) is 6.42 Å². The Kier molecular flexibility index (Phi) is 6.98. The SMILES string of the molecule is CCCCCc1cnc(-c2ccc(C(=O)Oc3cc(F)c(C#N)c(F)c3)c(F)c2)nc1. The lowest BCUT2D eigenvalue weighted by atomic mass is 10.1. The molecular weight excluding hydrogens is 407 g/mol. The molecule has 0 aliphatic heterocycles. The Bertz CT molecular complexity index is 1120. The molecule has 0 bridgehead atoms. The Hall–Kier alpha value is -3.73. The Morgan fingerprint density at radius 2 is 1.71 bits per heavy atom. The summed E-state index contributed by atoms with van der Waals surface area (Å²) in [4.78, 5) is 20.7. The molecule has 0 saturated carbocycles. The molecule has 1 aromatic heterocycles. The highest BCUT2D eigenvalue weighted by atomic mass is 19.1. The van der Waals surface area contributed by atoms with Gasteiger partial charge in [-0.15, -0.1) is 0 Å². The van der Waals surface area contributed by atoms with Crippen molar-refractivity contribution < 1.29 is 22.7 Å².